The van der Waals surface area contributed by atoms with Crippen molar-refractivity contribution in [3.63, 3.8) is 0 Å². The lowest BCUT2D eigenvalue weighted by Crippen LogP contribution is -2.50. The molecule has 0 aromatic carbocycles. The molecule has 23 heavy (non-hydrogen) atoms. The SMILES string of the molecule is CC[Si](CC)(CC)c1cc2n(O)cc(C(=O)OC)cc-2c(=O)n1. The van der Waals surface area contributed by atoms with Gasteiger partial charge in [-0.25, -0.2) is 9.78 Å². The summed E-state index contributed by atoms with van der Waals surface area (Å²) < 4.78 is 5.45. The first-order chi connectivity index (χ1) is 10.9. The van der Waals surface area contributed by atoms with Gasteiger partial charge in [-0.2, -0.15) is 4.73 Å². The number of aromatic nitrogens is 2. The Balaban J connectivity index is 2.73. The molecule has 7 heteroatoms. The summed E-state index contributed by atoms with van der Waals surface area (Å²) in [4.78, 5) is 28.4. The van der Waals surface area contributed by atoms with E-state index in [0.29, 0.717) is 5.69 Å². The lowest BCUT2D eigenvalue weighted by atomic mass is 10.1. The van der Waals surface area contributed by atoms with E-state index < -0.39 is 19.6 Å². The summed E-state index contributed by atoms with van der Waals surface area (Å²) in [6.45, 7) is 6.38. The Kier molecular flexibility index (Phi) is 4.89. The van der Waals surface area contributed by atoms with Gasteiger partial charge in [0.1, 0.15) is 8.07 Å². The smallest absolute Gasteiger partial charge is 0.339 e. The second-order valence-electron chi connectivity index (χ2n) is 5.65. The van der Waals surface area contributed by atoms with Crippen LogP contribution in [-0.4, -0.2) is 36.1 Å². The maximum absolute atomic E-state index is 12.4. The van der Waals surface area contributed by atoms with Crippen molar-refractivity contribution in [1.29, 1.82) is 0 Å². The van der Waals surface area contributed by atoms with E-state index in [-0.39, 0.29) is 11.1 Å². The van der Waals surface area contributed by atoms with Crippen molar-refractivity contribution < 1.29 is 14.7 Å². The van der Waals surface area contributed by atoms with E-state index in [2.05, 4.69) is 30.5 Å². The monoisotopic (exact) mass is 334 g/mol. The van der Waals surface area contributed by atoms with Crippen LogP contribution < -0.4 is 10.9 Å². The Morgan fingerprint density at radius 3 is 2.39 bits per heavy atom. The molecule has 2 aliphatic heterocycles. The zero-order chi connectivity index (χ0) is 17.2. The van der Waals surface area contributed by atoms with Crippen molar-refractivity contribution in [1.82, 2.24) is 9.71 Å². The number of hydrogen-bond acceptors (Lipinski definition) is 5. The fourth-order valence-electron chi connectivity index (χ4n) is 3.03. The van der Waals surface area contributed by atoms with Gasteiger partial charge in [-0.05, 0) is 12.1 Å². The number of pyridine rings is 2. The topological polar surface area (TPSA) is 81.4 Å². The van der Waals surface area contributed by atoms with Gasteiger partial charge in [0.2, 0.25) is 0 Å². The fraction of sp³-hybridized carbons (Fsp3) is 0.438. The van der Waals surface area contributed by atoms with Crippen LogP contribution in [-0.2, 0) is 4.74 Å². The van der Waals surface area contributed by atoms with Crippen LogP contribution in [0.1, 0.15) is 31.1 Å². The molecule has 0 radical (unpaired) electrons. The minimum absolute atomic E-state index is 0.110. The highest BCUT2D eigenvalue weighted by atomic mass is 28.3. The third-order valence-electron chi connectivity index (χ3n) is 4.80. The van der Waals surface area contributed by atoms with Crippen molar-refractivity contribution in [2.45, 2.75) is 38.9 Å². The highest BCUT2D eigenvalue weighted by Crippen LogP contribution is 2.23. The number of methoxy groups -OCH3 is 1. The quantitative estimate of drug-likeness (QED) is 0.514. The van der Waals surface area contributed by atoms with Crippen LogP contribution in [0.4, 0.5) is 0 Å². The van der Waals surface area contributed by atoms with Crippen molar-refractivity contribution >= 4 is 19.4 Å². The normalized spacial score (nSPS) is 11.7. The van der Waals surface area contributed by atoms with Gasteiger partial charge in [0.25, 0.3) is 5.56 Å². The Morgan fingerprint density at radius 1 is 1.26 bits per heavy atom. The van der Waals surface area contributed by atoms with Gasteiger partial charge < -0.3 is 9.94 Å². The Bertz CT molecular complexity index is 744. The highest BCUT2D eigenvalue weighted by molar-refractivity contribution is 6.91. The number of esters is 1. The minimum atomic E-state index is -1.83. The highest BCUT2D eigenvalue weighted by Gasteiger charge is 2.33. The summed E-state index contributed by atoms with van der Waals surface area (Å²) >= 11 is 0. The van der Waals surface area contributed by atoms with Gasteiger partial charge >= 0.3 is 5.97 Å². The summed E-state index contributed by atoms with van der Waals surface area (Å²) in [6.07, 6.45) is 1.25. The lowest BCUT2D eigenvalue weighted by Gasteiger charge is -2.27. The molecule has 0 spiro atoms. The molecule has 124 valence electrons. The van der Waals surface area contributed by atoms with E-state index in [1.54, 1.807) is 6.07 Å². The summed E-state index contributed by atoms with van der Waals surface area (Å²) in [6, 6.07) is 6.18. The molecule has 0 fully saturated rings. The van der Waals surface area contributed by atoms with Crippen LogP contribution in [0.2, 0.25) is 18.1 Å². The number of carbonyl (C=O) groups excluding carboxylic acids is 1. The number of nitrogens with zero attached hydrogens (tertiary/aromatic N) is 2. The molecule has 0 aromatic heterocycles. The Labute approximate surface area is 136 Å². The Morgan fingerprint density at radius 2 is 1.87 bits per heavy atom. The van der Waals surface area contributed by atoms with E-state index in [4.69, 9.17) is 0 Å². The van der Waals surface area contributed by atoms with Crippen molar-refractivity contribution in [2.75, 3.05) is 7.11 Å². The molecule has 6 nitrogen and oxygen atoms in total. The summed E-state index contributed by atoms with van der Waals surface area (Å²) in [5, 5.41) is 11.0. The van der Waals surface area contributed by atoms with Gasteiger partial charge in [-0.15, -0.1) is 0 Å². The average Bonchev–Trinajstić information content (AvgIpc) is 2.57. The zero-order valence-electron chi connectivity index (χ0n) is 13.9. The van der Waals surface area contributed by atoms with E-state index in [0.717, 1.165) is 28.2 Å². The molecule has 0 unspecified atom stereocenters. The molecular formula is C16H22N2O4Si. The molecule has 0 bridgehead atoms. The molecule has 2 heterocycles. The van der Waals surface area contributed by atoms with Crippen molar-refractivity contribution in [2.24, 2.45) is 0 Å². The molecule has 2 aliphatic rings. The number of rotatable bonds is 5. The van der Waals surface area contributed by atoms with E-state index in [9.17, 15) is 14.8 Å². The molecule has 1 N–H and O–H groups in total. The molecule has 0 saturated carbocycles. The van der Waals surface area contributed by atoms with Crippen LogP contribution >= 0.6 is 0 Å². The van der Waals surface area contributed by atoms with Crippen LogP contribution in [0.15, 0.2) is 23.1 Å². The third-order valence-corrected chi connectivity index (χ3v) is 10.2. The number of ether oxygens (including phenoxy) is 1. The largest absolute Gasteiger partial charge is 0.465 e. The summed E-state index contributed by atoms with van der Waals surface area (Å²) in [7, 11) is -0.587. The minimum Gasteiger partial charge on any atom is -0.465 e. The standard InChI is InChI=1S/C16H22N2O4Si/c1-5-23(6-2,7-3)14-9-13-12(15(19)17-14)8-11(10-18(13)21)16(20)22-4/h8-10,21H,5-7H2,1-4H3. The molecular weight excluding hydrogens is 312 g/mol. The zero-order valence-corrected chi connectivity index (χ0v) is 14.9. The van der Waals surface area contributed by atoms with E-state index >= 15 is 0 Å². The second-order valence-corrected chi connectivity index (χ2v) is 10.8. The first kappa shape index (κ1) is 17.2. The predicted molar refractivity (Wildman–Crippen MR) is 90.5 cm³/mol. The van der Waals surface area contributed by atoms with Crippen molar-refractivity contribution in [3.05, 3.63) is 34.2 Å². The van der Waals surface area contributed by atoms with E-state index in [1.165, 1.54) is 19.4 Å². The van der Waals surface area contributed by atoms with Crippen LogP contribution in [0.5, 0.6) is 0 Å². The second kappa shape index (κ2) is 6.53. The van der Waals surface area contributed by atoms with Crippen molar-refractivity contribution in [3.8, 4) is 11.3 Å². The lowest BCUT2D eigenvalue weighted by molar-refractivity contribution is 0.0595. The first-order valence-corrected chi connectivity index (χ1v) is 10.4. The number of fused-ring (bicyclic) bond motifs is 1. The van der Waals surface area contributed by atoms with Gasteiger partial charge in [0, 0.05) is 5.32 Å². The van der Waals surface area contributed by atoms with Gasteiger partial charge in [0.05, 0.1) is 30.1 Å². The van der Waals surface area contributed by atoms with Gasteiger partial charge in [-0.1, -0.05) is 38.9 Å². The predicted octanol–water partition coefficient (Wildman–Crippen LogP) is 2.09. The number of carbonyl (C=O) groups is 1. The molecule has 2 rings (SSSR count). The van der Waals surface area contributed by atoms with Gasteiger partial charge in [-0.3, -0.25) is 4.79 Å². The number of hydrogen-bond donors (Lipinski definition) is 1. The van der Waals surface area contributed by atoms with Crippen LogP contribution in [0.3, 0.4) is 0 Å². The fourth-order valence-corrected chi connectivity index (χ4v) is 6.40. The van der Waals surface area contributed by atoms with Gasteiger partial charge in [0.15, 0.2) is 0 Å². The molecule has 0 amide bonds. The average molecular weight is 334 g/mol. The Hall–Kier alpha value is -2.15. The summed E-state index contributed by atoms with van der Waals surface area (Å²) in [5.74, 6) is -0.613. The molecule has 0 saturated heterocycles. The maximum atomic E-state index is 12.4. The molecule has 0 aromatic rings. The maximum Gasteiger partial charge on any atom is 0.339 e. The molecule has 0 atom stereocenters. The molecule has 0 aliphatic carbocycles. The third kappa shape index (κ3) is 2.88. The van der Waals surface area contributed by atoms with E-state index in [1.807, 2.05) is 0 Å². The first-order valence-electron chi connectivity index (χ1n) is 7.77. The summed E-state index contributed by atoms with van der Waals surface area (Å²) in [5.41, 5.74) is 0.280. The van der Waals surface area contributed by atoms with Crippen LogP contribution in [0.25, 0.3) is 11.3 Å². The van der Waals surface area contributed by atoms with Crippen LogP contribution in [0, 0.1) is 0 Å².